The van der Waals surface area contributed by atoms with Crippen LogP contribution in [0.3, 0.4) is 0 Å². The number of aliphatic carboxylic acids is 1. The Hall–Kier alpha value is -0.790. The average molecular weight is 264 g/mol. The van der Waals surface area contributed by atoms with Crippen LogP contribution in [0.4, 0.5) is 0 Å². The summed E-state index contributed by atoms with van der Waals surface area (Å²) in [6, 6.07) is -0.855. The number of carbonyl (C=O) groups excluding carboxylic acids is 1. The first-order chi connectivity index (χ1) is 7.99. The summed E-state index contributed by atoms with van der Waals surface area (Å²) in [4.78, 5) is 21.9. The molecule has 2 atom stereocenters. The fourth-order valence-corrected chi connectivity index (χ4v) is 1.97. The lowest BCUT2D eigenvalue weighted by Crippen LogP contribution is -2.34. The van der Waals surface area contributed by atoms with Crippen LogP contribution in [0.2, 0.25) is 0 Å². The van der Waals surface area contributed by atoms with Crippen molar-refractivity contribution in [1.29, 1.82) is 0 Å². The van der Waals surface area contributed by atoms with Gasteiger partial charge in [0, 0.05) is 13.7 Å². The molecule has 0 rings (SSSR count). The number of amides is 1. The van der Waals surface area contributed by atoms with E-state index in [0.29, 0.717) is 25.3 Å². The Kier molecular flexibility index (Phi) is 8.83. The minimum Gasteiger partial charge on any atom is -0.480 e. The number of thioether (sulfide) groups is 1. The number of carbonyl (C=O) groups is 2. The van der Waals surface area contributed by atoms with E-state index < -0.39 is 12.0 Å². The van der Waals surface area contributed by atoms with Gasteiger partial charge in [-0.25, -0.2) is 0 Å². The van der Waals surface area contributed by atoms with E-state index in [-0.39, 0.29) is 11.2 Å². The van der Waals surface area contributed by atoms with Gasteiger partial charge in [-0.3, -0.25) is 9.59 Å². The molecule has 4 N–H and O–H groups in total. The molecule has 0 fully saturated rings. The Morgan fingerprint density at radius 1 is 1.53 bits per heavy atom. The van der Waals surface area contributed by atoms with Gasteiger partial charge in [0.25, 0.3) is 0 Å². The maximum atomic E-state index is 11.5. The lowest BCUT2D eigenvalue weighted by Gasteiger charge is -2.12. The second-order valence-electron chi connectivity index (χ2n) is 3.53. The fraction of sp³-hybridized carbons (Fsp3) is 0.800. The lowest BCUT2D eigenvalue weighted by molar-refractivity contribution is -0.138. The van der Waals surface area contributed by atoms with Crippen LogP contribution in [0, 0.1) is 0 Å². The fourth-order valence-electron chi connectivity index (χ4n) is 0.991. The first-order valence-corrected chi connectivity index (χ1v) is 6.40. The summed E-state index contributed by atoms with van der Waals surface area (Å²) < 4.78 is 4.81. The van der Waals surface area contributed by atoms with Gasteiger partial charge in [0.15, 0.2) is 0 Å². The number of nitrogens with one attached hydrogen (secondary N) is 1. The summed E-state index contributed by atoms with van der Waals surface area (Å²) >= 11 is 1.39. The maximum Gasteiger partial charge on any atom is 0.320 e. The minimum atomic E-state index is -1.01. The third-order valence-corrected chi connectivity index (χ3v) is 3.27. The Balaban J connectivity index is 3.67. The Labute approximate surface area is 105 Å². The van der Waals surface area contributed by atoms with Crippen molar-refractivity contribution < 1.29 is 19.4 Å². The van der Waals surface area contributed by atoms with Gasteiger partial charge in [-0.1, -0.05) is 0 Å². The first kappa shape index (κ1) is 16.2. The van der Waals surface area contributed by atoms with Crippen LogP contribution in [-0.4, -0.2) is 54.3 Å². The Morgan fingerprint density at radius 3 is 2.71 bits per heavy atom. The molecule has 17 heavy (non-hydrogen) atoms. The van der Waals surface area contributed by atoms with Gasteiger partial charge in [-0.2, -0.15) is 0 Å². The molecular formula is C10H20N2O4S. The van der Waals surface area contributed by atoms with E-state index in [4.69, 9.17) is 15.6 Å². The molecule has 100 valence electrons. The van der Waals surface area contributed by atoms with Crippen molar-refractivity contribution in [2.24, 2.45) is 5.73 Å². The van der Waals surface area contributed by atoms with E-state index in [1.807, 2.05) is 0 Å². The number of ether oxygens (including phenoxy) is 1. The second-order valence-corrected chi connectivity index (χ2v) is 4.98. The van der Waals surface area contributed by atoms with Gasteiger partial charge in [0.05, 0.1) is 11.9 Å². The Bertz CT molecular complexity index is 250. The third kappa shape index (κ3) is 8.00. The third-order valence-electron chi connectivity index (χ3n) is 2.09. The highest BCUT2D eigenvalue weighted by atomic mass is 32.2. The van der Waals surface area contributed by atoms with E-state index in [1.165, 1.54) is 11.8 Å². The topological polar surface area (TPSA) is 102 Å². The molecule has 6 nitrogen and oxygen atoms in total. The number of hydrogen-bond acceptors (Lipinski definition) is 5. The van der Waals surface area contributed by atoms with Crippen LogP contribution in [0.25, 0.3) is 0 Å². The molecule has 7 heteroatoms. The zero-order chi connectivity index (χ0) is 13.3. The molecule has 0 aliphatic carbocycles. The monoisotopic (exact) mass is 264 g/mol. The smallest absolute Gasteiger partial charge is 0.320 e. The molecule has 0 spiro atoms. The van der Waals surface area contributed by atoms with Crippen molar-refractivity contribution in [1.82, 2.24) is 5.32 Å². The van der Waals surface area contributed by atoms with E-state index in [1.54, 1.807) is 14.0 Å². The number of hydrogen-bond donors (Lipinski definition) is 3. The van der Waals surface area contributed by atoms with Gasteiger partial charge in [-0.05, 0) is 19.1 Å². The van der Waals surface area contributed by atoms with Crippen molar-refractivity contribution in [2.75, 3.05) is 26.0 Å². The zero-order valence-corrected chi connectivity index (χ0v) is 11.0. The minimum absolute atomic E-state index is 0.0732. The molecule has 0 radical (unpaired) electrons. The molecule has 2 unspecified atom stereocenters. The van der Waals surface area contributed by atoms with E-state index in [9.17, 15) is 9.59 Å². The highest BCUT2D eigenvalue weighted by Crippen LogP contribution is 2.12. The Morgan fingerprint density at radius 2 is 2.18 bits per heavy atom. The van der Waals surface area contributed by atoms with Crippen LogP contribution in [0.5, 0.6) is 0 Å². The van der Waals surface area contributed by atoms with Crippen LogP contribution in [-0.2, 0) is 14.3 Å². The first-order valence-electron chi connectivity index (χ1n) is 5.35. The summed E-state index contributed by atoms with van der Waals surface area (Å²) in [7, 11) is 1.57. The number of nitrogens with two attached hydrogens (primary N) is 1. The van der Waals surface area contributed by atoms with Crippen molar-refractivity contribution in [3.8, 4) is 0 Å². The van der Waals surface area contributed by atoms with Gasteiger partial charge in [0.1, 0.15) is 6.04 Å². The molecule has 0 aromatic carbocycles. The van der Waals surface area contributed by atoms with Gasteiger partial charge < -0.3 is 20.9 Å². The number of rotatable bonds is 9. The van der Waals surface area contributed by atoms with Crippen molar-refractivity contribution in [3.63, 3.8) is 0 Å². The van der Waals surface area contributed by atoms with Crippen LogP contribution in [0.15, 0.2) is 0 Å². The molecule has 0 saturated heterocycles. The molecule has 0 aromatic rings. The molecule has 0 aliphatic rings. The van der Waals surface area contributed by atoms with Crippen LogP contribution in [0.1, 0.15) is 13.3 Å². The predicted octanol–water partition coefficient (Wildman–Crippen LogP) is -0.327. The number of methoxy groups -OCH3 is 1. The summed E-state index contributed by atoms with van der Waals surface area (Å²) in [5.74, 6) is -0.537. The second kappa shape index (κ2) is 9.26. The van der Waals surface area contributed by atoms with E-state index >= 15 is 0 Å². The average Bonchev–Trinajstić information content (AvgIpc) is 2.28. The largest absolute Gasteiger partial charge is 0.480 e. The highest BCUT2D eigenvalue weighted by molar-refractivity contribution is 8.00. The highest BCUT2D eigenvalue weighted by Gasteiger charge is 2.15. The summed E-state index contributed by atoms with van der Waals surface area (Å²) in [5.41, 5.74) is 5.35. The normalized spacial score (nSPS) is 14.1. The van der Waals surface area contributed by atoms with Gasteiger partial charge >= 0.3 is 5.97 Å². The van der Waals surface area contributed by atoms with Crippen molar-refractivity contribution >= 4 is 23.6 Å². The molecule has 0 bridgehead atoms. The van der Waals surface area contributed by atoms with Gasteiger partial charge in [-0.15, -0.1) is 11.8 Å². The molecule has 0 aromatic heterocycles. The quantitative estimate of drug-likeness (QED) is 0.493. The molecule has 1 amide bonds. The SMILES string of the molecule is COCCNC(=O)C(C)SCCC(N)C(=O)O. The van der Waals surface area contributed by atoms with E-state index in [2.05, 4.69) is 5.32 Å². The standard InChI is InChI=1S/C10H20N2O4S/c1-7(9(13)12-4-5-16-2)17-6-3-8(11)10(14)15/h7-8H,3-6,11H2,1-2H3,(H,12,13)(H,14,15). The number of carboxylic acids is 1. The molecular weight excluding hydrogens is 244 g/mol. The molecule has 0 aliphatic heterocycles. The maximum absolute atomic E-state index is 11.5. The summed E-state index contributed by atoms with van der Waals surface area (Å²) in [5, 5.41) is 11.1. The van der Waals surface area contributed by atoms with Crippen LogP contribution < -0.4 is 11.1 Å². The summed E-state index contributed by atoms with van der Waals surface area (Å²) in [6.45, 7) is 2.74. The molecule has 0 saturated carbocycles. The van der Waals surface area contributed by atoms with Crippen molar-refractivity contribution in [2.45, 2.75) is 24.6 Å². The van der Waals surface area contributed by atoms with Crippen LogP contribution >= 0.6 is 11.8 Å². The van der Waals surface area contributed by atoms with Crippen molar-refractivity contribution in [3.05, 3.63) is 0 Å². The zero-order valence-electron chi connectivity index (χ0n) is 10.1. The molecule has 0 heterocycles. The summed E-state index contributed by atoms with van der Waals surface area (Å²) in [6.07, 6.45) is 0.357. The lowest BCUT2D eigenvalue weighted by atomic mass is 10.2. The van der Waals surface area contributed by atoms with E-state index in [0.717, 1.165) is 0 Å². The predicted molar refractivity (Wildman–Crippen MR) is 67.0 cm³/mol. The number of carboxylic acid groups (broad SMARTS) is 1. The van der Waals surface area contributed by atoms with Gasteiger partial charge in [0.2, 0.25) is 5.91 Å².